The van der Waals surface area contributed by atoms with Crippen molar-refractivity contribution in [1.29, 1.82) is 0 Å². The zero-order valence-electron chi connectivity index (χ0n) is 20.1. The largest absolute Gasteiger partial charge is 0.497 e. The predicted molar refractivity (Wildman–Crippen MR) is 142 cm³/mol. The number of nitrogens with one attached hydrogen (secondary N) is 1. The topological polar surface area (TPSA) is 58.6 Å². The molecule has 0 saturated heterocycles. The molecule has 1 aliphatic rings. The Morgan fingerprint density at radius 2 is 1.56 bits per heavy atom. The molecule has 5 nitrogen and oxygen atoms in total. The van der Waals surface area contributed by atoms with Crippen molar-refractivity contribution < 1.29 is 14.3 Å². The smallest absolute Gasteiger partial charge is 0.258 e. The van der Waals surface area contributed by atoms with Gasteiger partial charge in [0.1, 0.15) is 5.75 Å². The first-order valence-corrected chi connectivity index (χ1v) is 12.1. The normalized spacial score (nSPS) is 16.6. The number of hydrogen-bond acceptors (Lipinski definition) is 3. The maximum absolute atomic E-state index is 14.0. The third kappa shape index (κ3) is 4.86. The summed E-state index contributed by atoms with van der Waals surface area (Å²) in [4.78, 5) is 28.9. The van der Waals surface area contributed by atoms with Gasteiger partial charge in [0.15, 0.2) is 0 Å². The van der Waals surface area contributed by atoms with E-state index in [2.05, 4.69) is 5.32 Å². The molecule has 1 aliphatic heterocycles. The molecule has 0 aromatic heterocycles. The number of ether oxygens (including phenoxy) is 1. The lowest BCUT2D eigenvalue weighted by Crippen LogP contribution is -2.40. The van der Waals surface area contributed by atoms with E-state index in [4.69, 9.17) is 4.74 Å². The first-order chi connectivity index (χ1) is 17.6. The number of anilines is 2. The van der Waals surface area contributed by atoms with Crippen molar-refractivity contribution in [3.63, 3.8) is 0 Å². The fourth-order valence-corrected chi connectivity index (χ4v) is 4.98. The zero-order chi connectivity index (χ0) is 24.9. The summed E-state index contributed by atoms with van der Waals surface area (Å²) >= 11 is 0. The molecule has 1 heterocycles. The third-order valence-corrected chi connectivity index (χ3v) is 6.66. The highest BCUT2D eigenvalue weighted by atomic mass is 16.5. The number of nitrogens with zero attached hydrogens (tertiary/aromatic N) is 1. The number of rotatable bonds is 6. The highest BCUT2D eigenvalue weighted by Gasteiger charge is 2.38. The average molecular weight is 477 g/mol. The van der Waals surface area contributed by atoms with Crippen molar-refractivity contribution in [2.24, 2.45) is 0 Å². The highest BCUT2D eigenvalue weighted by Crippen LogP contribution is 2.46. The van der Waals surface area contributed by atoms with Crippen LogP contribution < -0.4 is 15.0 Å². The minimum Gasteiger partial charge on any atom is -0.497 e. The third-order valence-electron chi connectivity index (χ3n) is 6.66. The van der Waals surface area contributed by atoms with Crippen LogP contribution in [0.2, 0.25) is 0 Å². The minimum absolute atomic E-state index is 0.0375. The van der Waals surface area contributed by atoms with E-state index in [1.807, 2.05) is 108 Å². The number of amides is 2. The van der Waals surface area contributed by atoms with E-state index in [0.29, 0.717) is 24.2 Å². The summed E-state index contributed by atoms with van der Waals surface area (Å²) in [7, 11) is 1.59. The second-order valence-corrected chi connectivity index (χ2v) is 8.94. The molecule has 0 spiro atoms. The van der Waals surface area contributed by atoms with E-state index >= 15 is 0 Å². The SMILES string of the molecule is COc1cccc(C(=O)N2c3ccccc3C(CC(=O)Nc3ccccc3)CC2c2ccccc2)c1. The van der Waals surface area contributed by atoms with Gasteiger partial charge in [0.25, 0.3) is 5.91 Å². The molecular formula is C31H28N2O3. The summed E-state index contributed by atoms with van der Waals surface area (Å²) in [5, 5.41) is 3.01. The minimum atomic E-state index is -0.214. The Hall–Kier alpha value is -4.38. The van der Waals surface area contributed by atoms with Gasteiger partial charge in [0.05, 0.1) is 13.2 Å². The van der Waals surface area contributed by atoms with Crippen molar-refractivity contribution in [2.75, 3.05) is 17.3 Å². The second kappa shape index (κ2) is 10.5. The zero-order valence-corrected chi connectivity index (χ0v) is 20.1. The van der Waals surface area contributed by atoms with Crippen LogP contribution in [0.25, 0.3) is 0 Å². The summed E-state index contributed by atoms with van der Waals surface area (Å²) in [6.07, 6.45) is 0.968. The Labute approximate surface area is 211 Å². The maximum atomic E-state index is 14.0. The van der Waals surface area contributed by atoms with Crippen LogP contribution in [-0.2, 0) is 4.79 Å². The van der Waals surface area contributed by atoms with Gasteiger partial charge in [-0.15, -0.1) is 0 Å². The van der Waals surface area contributed by atoms with E-state index in [0.717, 1.165) is 22.5 Å². The molecule has 2 unspecified atom stereocenters. The number of para-hydroxylation sites is 2. The Bertz CT molecular complexity index is 1350. The Balaban J connectivity index is 1.53. The molecule has 5 rings (SSSR count). The molecule has 36 heavy (non-hydrogen) atoms. The van der Waals surface area contributed by atoms with Crippen molar-refractivity contribution >= 4 is 23.2 Å². The van der Waals surface area contributed by atoms with Gasteiger partial charge < -0.3 is 15.0 Å². The van der Waals surface area contributed by atoms with Crippen LogP contribution in [-0.4, -0.2) is 18.9 Å². The molecule has 0 fully saturated rings. The fraction of sp³-hybridized carbons (Fsp3) is 0.161. The lowest BCUT2D eigenvalue weighted by Gasteiger charge is -2.41. The van der Waals surface area contributed by atoms with Gasteiger partial charge in [-0.2, -0.15) is 0 Å². The number of methoxy groups -OCH3 is 1. The molecule has 180 valence electrons. The summed E-state index contributed by atoms with van der Waals surface area (Å²) < 4.78 is 5.37. The summed E-state index contributed by atoms with van der Waals surface area (Å²) in [5.41, 5.74) is 4.22. The van der Waals surface area contributed by atoms with Crippen LogP contribution in [0.3, 0.4) is 0 Å². The second-order valence-electron chi connectivity index (χ2n) is 8.94. The molecule has 2 atom stereocenters. The molecule has 5 heteroatoms. The van der Waals surface area contributed by atoms with Crippen LogP contribution in [0.5, 0.6) is 5.75 Å². The summed E-state index contributed by atoms with van der Waals surface area (Å²) in [5.74, 6) is 0.463. The Kier molecular flexibility index (Phi) is 6.80. The summed E-state index contributed by atoms with van der Waals surface area (Å²) in [6, 6.07) is 34.5. The van der Waals surface area contributed by atoms with Gasteiger partial charge in [-0.1, -0.05) is 72.8 Å². The van der Waals surface area contributed by atoms with Crippen LogP contribution in [0.15, 0.2) is 109 Å². The fourth-order valence-electron chi connectivity index (χ4n) is 4.98. The molecule has 1 N–H and O–H groups in total. The number of benzene rings is 4. The van der Waals surface area contributed by atoms with Crippen molar-refractivity contribution in [3.05, 3.63) is 126 Å². The van der Waals surface area contributed by atoms with E-state index in [1.165, 1.54) is 0 Å². The van der Waals surface area contributed by atoms with Crippen molar-refractivity contribution in [3.8, 4) is 5.75 Å². The van der Waals surface area contributed by atoms with Gasteiger partial charge in [-0.3, -0.25) is 9.59 Å². The standard InChI is InChI=1S/C31H28N2O3/c1-36-26-16-10-13-23(19-26)31(35)33-28-18-9-8-17-27(28)24(20-29(33)22-11-4-2-5-12-22)21-30(34)32-25-14-6-3-7-15-25/h2-19,24,29H,20-21H2,1H3,(H,32,34). The van der Waals surface area contributed by atoms with Crippen LogP contribution >= 0.6 is 0 Å². The Morgan fingerprint density at radius 3 is 2.31 bits per heavy atom. The first-order valence-electron chi connectivity index (χ1n) is 12.1. The number of carbonyl (C=O) groups is 2. The van der Waals surface area contributed by atoms with Gasteiger partial charge >= 0.3 is 0 Å². The van der Waals surface area contributed by atoms with Gasteiger partial charge in [-0.05, 0) is 59.9 Å². The lowest BCUT2D eigenvalue weighted by molar-refractivity contribution is -0.116. The van der Waals surface area contributed by atoms with E-state index in [-0.39, 0.29) is 23.8 Å². The Morgan fingerprint density at radius 1 is 0.861 bits per heavy atom. The number of hydrogen-bond donors (Lipinski definition) is 1. The predicted octanol–water partition coefficient (Wildman–Crippen LogP) is 6.60. The quantitative estimate of drug-likeness (QED) is 0.341. The number of carbonyl (C=O) groups excluding carboxylic acids is 2. The maximum Gasteiger partial charge on any atom is 0.258 e. The molecule has 4 aromatic carbocycles. The molecule has 2 amide bonds. The van der Waals surface area contributed by atoms with Crippen LogP contribution in [0, 0.1) is 0 Å². The van der Waals surface area contributed by atoms with Crippen molar-refractivity contribution in [2.45, 2.75) is 24.8 Å². The first kappa shape index (κ1) is 23.4. The van der Waals surface area contributed by atoms with Gasteiger partial charge in [0, 0.05) is 23.4 Å². The van der Waals surface area contributed by atoms with Gasteiger partial charge in [-0.25, -0.2) is 0 Å². The number of fused-ring (bicyclic) bond motifs is 1. The highest BCUT2D eigenvalue weighted by molar-refractivity contribution is 6.07. The molecule has 0 aliphatic carbocycles. The monoisotopic (exact) mass is 476 g/mol. The van der Waals surface area contributed by atoms with E-state index < -0.39 is 0 Å². The molecule has 0 bridgehead atoms. The van der Waals surface area contributed by atoms with E-state index in [9.17, 15) is 9.59 Å². The van der Waals surface area contributed by atoms with Crippen LogP contribution in [0.1, 0.15) is 46.3 Å². The molecule has 4 aromatic rings. The van der Waals surface area contributed by atoms with Gasteiger partial charge in [0.2, 0.25) is 5.91 Å². The van der Waals surface area contributed by atoms with Crippen molar-refractivity contribution in [1.82, 2.24) is 0 Å². The molecular weight excluding hydrogens is 448 g/mol. The lowest BCUT2D eigenvalue weighted by atomic mass is 9.80. The van der Waals surface area contributed by atoms with Crippen LogP contribution in [0.4, 0.5) is 11.4 Å². The summed E-state index contributed by atoms with van der Waals surface area (Å²) in [6.45, 7) is 0. The molecule has 0 radical (unpaired) electrons. The average Bonchev–Trinajstić information content (AvgIpc) is 2.93. The van der Waals surface area contributed by atoms with E-state index in [1.54, 1.807) is 13.2 Å². The molecule has 0 saturated carbocycles.